The third-order valence-corrected chi connectivity index (χ3v) is 3.82. The maximum atomic E-state index is 11.0. The third-order valence-electron chi connectivity index (χ3n) is 3.82. The van der Waals surface area contributed by atoms with Gasteiger partial charge < -0.3 is 10.4 Å². The van der Waals surface area contributed by atoms with E-state index in [-0.39, 0.29) is 5.92 Å². The van der Waals surface area contributed by atoms with Crippen LogP contribution < -0.4 is 5.32 Å². The first-order chi connectivity index (χ1) is 8.77. The molecule has 0 bridgehead atoms. The predicted molar refractivity (Wildman–Crippen MR) is 71.5 cm³/mol. The lowest BCUT2D eigenvalue weighted by atomic mass is 9.96. The summed E-state index contributed by atoms with van der Waals surface area (Å²) in [7, 11) is 0. The zero-order valence-electron chi connectivity index (χ0n) is 10.6. The van der Waals surface area contributed by atoms with E-state index >= 15 is 0 Å². The SMILES string of the molecule is O=C(O)C1CCCC1CNCCc1ccccc1. The molecule has 1 saturated carbocycles. The Morgan fingerprint density at radius 2 is 2.06 bits per heavy atom. The van der Waals surface area contributed by atoms with Crippen molar-refractivity contribution in [2.75, 3.05) is 13.1 Å². The van der Waals surface area contributed by atoms with E-state index in [0.717, 1.165) is 38.8 Å². The number of hydrogen-bond donors (Lipinski definition) is 2. The normalized spacial score (nSPS) is 23.1. The second kappa shape index (κ2) is 6.55. The lowest BCUT2D eigenvalue weighted by molar-refractivity contribution is -0.142. The zero-order valence-corrected chi connectivity index (χ0v) is 10.6. The molecule has 1 fully saturated rings. The Morgan fingerprint density at radius 1 is 1.28 bits per heavy atom. The van der Waals surface area contributed by atoms with Gasteiger partial charge in [-0.05, 0) is 43.8 Å². The van der Waals surface area contributed by atoms with Gasteiger partial charge in [0.15, 0.2) is 0 Å². The van der Waals surface area contributed by atoms with E-state index < -0.39 is 5.97 Å². The van der Waals surface area contributed by atoms with Crippen molar-refractivity contribution in [2.24, 2.45) is 11.8 Å². The van der Waals surface area contributed by atoms with Crippen LogP contribution in [0.3, 0.4) is 0 Å². The molecule has 1 aromatic carbocycles. The summed E-state index contributed by atoms with van der Waals surface area (Å²) in [5.74, 6) is -0.435. The molecule has 2 N–H and O–H groups in total. The van der Waals surface area contributed by atoms with Crippen LogP contribution in [0, 0.1) is 11.8 Å². The van der Waals surface area contributed by atoms with E-state index in [1.165, 1.54) is 5.56 Å². The molecule has 0 spiro atoms. The molecule has 0 amide bonds. The molecular formula is C15H21NO2. The first-order valence-corrected chi connectivity index (χ1v) is 6.75. The summed E-state index contributed by atoms with van der Waals surface area (Å²) in [5, 5.41) is 12.5. The van der Waals surface area contributed by atoms with Crippen molar-refractivity contribution in [3.63, 3.8) is 0 Å². The zero-order chi connectivity index (χ0) is 12.8. The fourth-order valence-corrected chi connectivity index (χ4v) is 2.77. The second-order valence-electron chi connectivity index (χ2n) is 5.08. The molecule has 2 atom stereocenters. The maximum absolute atomic E-state index is 11.0. The average Bonchev–Trinajstić information content (AvgIpc) is 2.84. The van der Waals surface area contributed by atoms with Crippen molar-refractivity contribution >= 4 is 5.97 Å². The van der Waals surface area contributed by atoms with Crippen molar-refractivity contribution in [3.8, 4) is 0 Å². The van der Waals surface area contributed by atoms with Crippen molar-refractivity contribution in [1.82, 2.24) is 5.32 Å². The molecule has 0 aliphatic heterocycles. The summed E-state index contributed by atoms with van der Waals surface area (Å²) in [4.78, 5) is 11.0. The summed E-state index contributed by atoms with van der Waals surface area (Å²) in [6.45, 7) is 1.76. The molecule has 0 radical (unpaired) electrons. The van der Waals surface area contributed by atoms with Crippen LogP contribution in [0.4, 0.5) is 0 Å². The van der Waals surface area contributed by atoms with Crippen molar-refractivity contribution in [1.29, 1.82) is 0 Å². The van der Waals surface area contributed by atoms with Crippen LogP contribution in [-0.2, 0) is 11.2 Å². The Hall–Kier alpha value is -1.35. The average molecular weight is 247 g/mol. The van der Waals surface area contributed by atoms with Gasteiger partial charge in [0.25, 0.3) is 0 Å². The van der Waals surface area contributed by atoms with Crippen LogP contribution in [-0.4, -0.2) is 24.2 Å². The molecule has 0 heterocycles. The van der Waals surface area contributed by atoms with Gasteiger partial charge in [-0.15, -0.1) is 0 Å². The van der Waals surface area contributed by atoms with Crippen LogP contribution in [0.25, 0.3) is 0 Å². The highest BCUT2D eigenvalue weighted by Gasteiger charge is 2.32. The van der Waals surface area contributed by atoms with Gasteiger partial charge in [-0.25, -0.2) is 0 Å². The highest BCUT2D eigenvalue weighted by molar-refractivity contribution is 5.70. The predicted octanol–water partition coefficient (Wildman–Crippen LogP) is 2.32. The molecule has 0 saturated heterocycles. The number of carbonyl (C=O) groups is 1. The van der Waals surface area contributed by atoms with Gasteiger partial charge in [-0.2, -0.15) is 0 Å². The summed E-state index contributed by atoms with van der Waals surface area (Å²) >= 11 is 0. The fourth-order valence-electron chi connectivity index (χ4n) is 2.77. The Morgan fingerprint density at radius 3 is 2.78 bits per heavy atom. The Kier molecular flexibility index (Phi) is 4.76. The van der Waals surface area contributed by atoms with E-state index in [0.29, 0.717) is 5.92 Å². The number of nitrogens with one attached hydrogen (secondary N) is 1. The van der Waals surface area contributed by atoms with Gasteiger partial charge in [-0.3, -0.25) is 4.79 Å². The van der Waals surface area contributed by atoms with E-state index in [1.54, 1.807) is 0 Å². The highest BCUT2D eigenvalue weighted by atomic mass is 16.4. The van der Waals surface area contributed by atoms with E-state index in [4.69, 9.17) is 5.11 Å². The van der Waals surface area contributed by atoms with Crippen molar-refractivity contribution in [2.45, 2.75) is 25.7 Å². The molecule has 2 unspecified atom stereocenters. The summed E-state index contributed by atoms with van der Waals surface area (Å²) in [5.41, 5.74) is 1.33. The van der Waals surface area contributed by atoms with Gasteiger partial charge in [-0.1, -0.05) is 36.8 Å². The summed E-state index contributed by atoms with van der Waals surface area (Å²) in [6.07, 6.45) is 3.96. The minimum atomic E-state index is -0.623. The standard InChI is InChI=1S/C15H21NO2/c17-15(18)14-8-4-7-13(14)11-16-10-9-12-5-2-1-3-6-12/h1-3,5-6,13-14,16H,4,7-11H2,(H,17,18). The molecule has 2 rings (SSSR count). The monoisotopic (exact) mass is 247 g/mol. The number of hydrogen-bond acceptors (Lipinski definition) is 2. The molecule has 1 aliphatic carbocycles. The van der Waals surface area contributed by atoms with E-state index in [2.05, 4.69) is 17.4 Å². The molecular weight excluding hydrogens is 226 g/mol. The van der Waals surface area contributed by atoms with Crippen LogP contribution in [0.1, 0.15) is 24.8 Å². The van der Waals surface area contributed by atoms with Gasteiger partial charge in [0.1, 0.15) is 0 Å². The topological polar surface area (TPSA) is 49.3 Å². The molecule has 0 aromatic heterocycles. The first-order valence-electron chi connectivity index (χ1n) is 6.75. The minimum absolute atomic E-state index is 0.130. The Balaban J connectivity index is 1.68. The lowest BCUT2D eigenvalue weighted by Gasteiger charge is -2.16. The van der Waals surface area contributed by atoms with Crippen LogP contribution >= 0.6 is 0 Å². The van der Waals surface area contributed by atoms with Crippen molar-refractivity contribution in [3.05, 3.63) is 35.9 Å². The first kappa shape index (κ1) is 13.1. The second-order valence-corrected chi connectivity index (χ2v) is 5.08. The quantitative estimate of drug-likeness (QED) is 0.758. The van der Waals surface area contributed by atoms with Gasteiger partial charge in [0.05, 0.1) is 5.92 Å². The van der Waals surface area contributed by atoms with Gasteiger partial charge in [0.2, 0.25) is 0 Å². The largest absolute Gasteiger partial charge is 0.481 e. The number of carboxylic acids is 1. The van der Waals surface area contributed by atoms with Crippen molar-refractivity contribution < 1.29 is 9.90 Å². The Labute approximate surface area is 108 Å². The highest BCUT2D eigenvalue weighted by Crippen LogP contribution is 2.31. The maximum Gasteiger partial charge on any atom is 0.306 e. The van der Waals surface area contributed by atoms with E-state index in [1.807, 2.05) is 18.2 Å². The molecule has 1 aromatic rings. The summed E-state index contributed by atoms with van der Waals surface area (Å²) < 4.78 is 0. The molecule has 3 nitrogen and oxygen atoms in total. The fraction of sp³-hybridized carbons (Fsp3) is 0.533. The molecule has 18 heavy (non-hydrogen) atoms. The lowest BCUT2D eigenvalue weighted by Crippen LogP contribution is -2.30. The molecule has 3 heteroatoms. The molecule has 98 valence electrons. The Bertz CT molecular complexity index is 377. The smallest absolute Gasteiger partial charge is 0.306 e. The van der Waals surface area contributed by atoms with Crippen LogP contribution in [0.15, 0.2) is 30.3 Å². The van der Waals surface area contributed by atoms with Crippen LogP contribution in [0.5, 0.6) is 0 Å². The number of carboxylic acid groups (broad SMARTS) is 1. The summed E-state index contributed by atoms with van der Waals surface area (Å²) in [6, 6.07) is 10.4. The minimum Gasteiger partial charge on any atom is -0.481 e. The van der Waals surface area contributed by atoms with Gasteiger partial charge >= 0.3 is 5.97 Å². The number of aliphatic carboxylic acids is 1. The number of benzene rings is 1. The number of rotatable bonds is 6. The third kappa shape index (κ3) is 3.57. The van der Waals surface area contributed by atoms with E-state index in [9.17, 15) is 4.79 Å². The molecule has 1 aliphatic rings. The van der Waals surface area contributed by atoms with Crippen LogP contribution in [0.2, 0.25) is 0 Å². The van der Waals surface area contributed by atoms with Gasteiger partial charge in [0, 0.05) is 0 Å².